The van der Waals surface area contributed by atoms with Crippen molar-refractivity contribution in [2.75, 3.05) is 45.4 Å². The number of rotatable bonds is 5. The number of morpholine rings is 1. The Hall–Kier alpha value is -2.68. The van der Waals surface area contributed by atoms with Crippen LogP contribution >= 0.6 is 0 Å². The van der Waals surface area contributed by atoms with Crippen molar-refractivity contribution in [1.82, 2.24) is 0 Å². The molecule has 0 aromatic heterocycles. The molecule has 2 aromatic carbocycles. The van der Waals surface area contributed by atoms with E-state index in [-0.39, 0.29) is 0 Å². The average Bonchev–Trinajstić information content (AvgIpc) is 2.73. The molecule has 0 amide bonds. The van der Waals surface area contributed by atoms with Crippen molar-refractivity contribution >= 4 is 5.69 Å². The van der Waals surface area contributed by atoms with E-state index in [0.29, 0.717) is 22.6 Å². The minimum atomic E-state index is -1.60. The SMILES string of the molecule is C#CC(O)(c1ccc(N2CCOCC2)cc1)c1ccc(OC)cc1OC. The Bertz CT molecular complexity index is 791. The van der Waals surface area contributed by atoms with Gasteiger partial charge in [0, 0.05) is 36.0 Å². The van der Waals surface area contributed by atoms with Crippen molar-refractivity contribution in [3.05, 3.63) is 53.6 Å². The van der Waals surface area contributed by atoms with Gasteiger partial charge in [-0.2, -0.15) is 0 Å². The minimum Gasteiger partial charge on any atom is -0.497 e. The molecule has 1 atom stereocenters. The van der Waals surface area contributed by atoms with Gasteiger partial charge in [0.2, 0.25) is 0 Å². The second-order valence-electron chi connectivity index (χ2n) is 6.07. The van der Waals surface area contributed by atoms with Gasteiger partial charge >= 0.3 is 0 Å². The second-order valence-corrected chi connectivity index (χ2v) is 6.07. The normalized spacial score (nSPS) is 16.5. The zero-order valence-electron chi connectivity index (χ0n) is 15.1. The number of benzene rings is 2. The summed E-state index contributed by atoms with van der Waals surface area (Å²) in [6.45, 7) is 3.15. The minimum absolute atomic E-state index is 0.474. The molecule has 0 spiro atoms. The lowest BCUT2D eigenvalue weighted by Gasteiger charge is -2.30. The van der Waals surface area contributed by atoms with Crippen LogP contribution in [0.3, 0.4) is 0 Å². The van der Waals surface area contributed by atoms with Crippen molar-refractivity contribution in [2.45, 2.75) is 5.60 Å². The molecule has 0 radical (unpaired) electrons. The number of ether oxygens (including phenoxy) is 3. The Morgan fingerprint density at radius 1 is 1.08 bits per heavy atom. The molecule has 26 heavy (non-hydrogen) atoms. The van der Waals surface area contributed by atoms with Gasteiger partial charge < -0.3 is 24.2 Å². The smallest absolute Gasteiger partial charge is 0.180 e. The third-order valence-electron chi connectivity index (χ3n) is 4.67. The van der Waals surface area contributed by atoms with E-state index in [4.69, 9.17) is 20.6 Å². The fourth-order valence-corrected chi connectivity index (χ4v) is 3.15. The van der Waals surface area contributed by atoms with Gasteiger partial charge in [-0.05, 0) is 24.3 Å². The van der Waals surface area contributed by atoms with Gasteiger partial charge in [0.15, 0.2) is 5.60 Å². The van der Waals surface area contributed by atoms with Crippen molar-refractivity contribution in [3.8, 4) is 23.8 Å². The molecule has 136 valence electrons. The Morgan fingerprint density at radius 3 is 2.35 bits per heavy atom. The highest BCUT2D eigenvalue weighted by Gasteiger charge is 2.33. The summed E-state index contributed by atoms with van der Waals surface area (Å²) in [5, 5.41) is 11.2. The molecule has 0 saturated carbocycles. The van der Waals surface area contributed by atoms with Crippen LogP contribution in [-0.2, 0) is 10.3 Å². The summed E-state index contributed by atoms with van der Waals surface area (Å²) < 4.78 is 16.0. The van der Waals surface area contributed by atoms with Gasteiger partial charge in [-0.15, -0.1) is 6.42 Å². The van der Waals surface area contributed by atoms with Crippen LogP contribution in [0.15, 0.2) is 42.5 Å². The Kier molecular flexibility index (Phi) is 5.36. The molecular weight excluding hydrogens is 330 g/mol. The van der Waals surface area contributed by atoms with E-state index in [1.807, 2.05) is 24.3 Å². The maximum Gasteiger partial charge on any atom is 0.180 e. The highest BCUT2D eigenvalue weighted by atomic mass is 16.5. The van der Waals surface area contributed by atoms with Gasteiger partial charge in [0.05, 0.1) is 27.4 Å². The molecule has 2 aromatic rings. The highest BCUT2D eigenvalue weighted by molar-refractivity contribution is 5.56. The molecule has 5 heteroatoms. The van der Waals surface area contributed by atoms with Crippen molar-refractivity contribution in [2.24, 2.45) is 0 Å². The molecule has 1 aliphatic heterocycles. The van der Waals surface area contributed by atoms with Gasteiger partial charge in [-0.25, -0.2) is 0 Å². The van der Waals surface area contributed by atoms with Crippen LogP contribution in [0.1, 0.15) is 11.1 Å². The Morgan fingerprint density at radius 2 is 1.77 bits per heavy atom. The summed E-state index contributed by atoms with van der Waals surface area (Å²) in [5.74, 6) is 3.63. The largest absolute Gasteiger partial charge is 0.497 e. The molecular formula is C21H23NO4. The molecule has 5 nitrogen and oxygen atoms in total. The van der Waals surface area contributed by atoms with Gasteiger partial charge in [0.25, 0.3) is 0 Å². The third kappa shape index (κ3) is 3.34. The number of anilines is 1. The molecule has 1 saturated heterocycles. The molecule has 0 bridgehead atoms. The molecule has 1 aliphatic rings. The van der Waals surface area contributed by atoms with Crippen LogP contribution in [0, 0.1) is 12.3 Å². The van der Waals surface area contributed by atoms with Gasteiger partial charge in [-0.1, -0.05) is 18.1 Å². The van der Waals surface area contributed by atoms with E-state index in [9.17, 15) is 5.11 Å². The number of hydrogen-bond acceptors (Lipinski definition) is 5. The van der Waals surface area contributed by atoms with E-state index < -0.39 is 5.60 Å². The number of aliphatic hydroxyl groups is 1. The van der Waals surface area contributed by atoms with E-state index in [0.717, 1.165) is 32.0 Å². The first-order chi connectivity index (χ1) is 12.6. The maximum atomic E-state index is 11.2. The van der Waals surface area contributed by atoms with Gasteiger partial charge in [-0.3, -0.25) is 0 Å². The van der Waals surface area contributed by atoms with E-state index in [1.54, 1.807) is 25.3 Å². The lowest BCUT2D eigenvalue weighted by Crippen LogP contribution is -2.36. The summed E-state index contributed by atoms with van der Waals surface area (Å²) in [4.78, 5) is 2.25. The predicted molar refractivity (Wildman–Crippen MR) is 101 cm³/mol. The Balaban J connectivity index is 1.96. The number of methoxy groups -OCH3 is 2. The molecule has 0 aliphatic carbocycles. The zero-order chi connectivity index (χ0) is 18.6. The average molecular weight is 353 g/mol. The topological polar surface area (TPSA) is 51.2 Å². The summed E-state index contributed by atoms with van der Waals surface area (Å²) in [5.41, 5.74) is 0.599. The van der Waals surface area contributed by atoms with Crippen LogP contribution in [0.25, 0.3) is 0 Å². The van der Waals surface area contributed by atoms with E-state index in [2.05, 4.69) is 10.8 Å². The predicted octanol–water partition coefficient (Wildman–Crippen LogP) is 2.41. The molecule has 1 unspecified atom stereocenters. The third-order valence-corrected chi connectivity index (χ3v) is 4.67. The lowest BCUT2D eigenvalue weighted by atomic mass is 9.86. The standard InChI is InChI=1S/C21H23NO4/c1-4-21(23,19-10-9-18(24-2)15-20(19)25-3)16-5-7-17(8-6-16)22-11-13-26-14-12-22/h1,5-10,15,23H,11-14H2,2-3H3. The summed E-state index contributed by atoms with van der Waals surface area (Å²) in [7, 11) is 3.11. The molecule has 1 N–H and O–H groups in total. The van der Waals surface area contributed by atoms with Crippen molar-refractivity contribution in [3.63, 3.8) is 0 Å². The number of nitrogens with zero attached hydrogens (tertiary/aromatic N) is 1. The second kappa shape index (κ2) is 7.69. The first kappa shape index (κ1) is 18.1. The van der Waals surface area contributed by atoms with Crippen LogP contribution < -0.4 is 14.4 Å². The molecule has 3 rings (SSSR count). The van der Waals surface area contributed by atoms with E-state index >= 15 is 0 Å². The van der Waals surface area contributed by atoms with Gasteiger partial charge in [0.1, 0.15) is 11.5 Å². The quantitative estimate of drug-likeness (QED) is 0.837. The lowest BCUT2D eigenvalue weighted by molar-refractivity contribution is 0.122. The van der Waals surface area contributed by atoms with Crippen LogP contribution in [-0.4, -0.2) is 45.6 Å². The van der Waals surface area contributed by atoms with Crippen molar-refractivity contribution < 1.29 is 19.3 Å². The molecule has 1 fully saturated rings. The summed E-state index contributed by atoms with van der Waals surface area (Å²) >= 11 is 0. The first-order valence-corrected chi connectivity index (χ1v) is 8.48. The molecule has 1 heterocycles. The van der Waals surface area contributed by atoms with Crippen LogP contribution in [0.5, 0.6) is 11.5 Å². The monoisotopic (exact) mass is 353 g/mol. The summed E-state index contributed by atoms with van der Waals surface area (Å²) in [6.07, 6.45) is 5.73. The number of hydrogen-bond donors (Lipinski definition) is 1. The van der Waals surface area contributed by atoms with Crippen LogP contribution in [0.2, 0.25) is 0 Å². The highest BCUT2D eigenvalue weighted by Crippen LogP contribution is 2.38. The number of terminal acetylenes is 1. The van der Waals surface area contributed by atoms with E-state index in [1.165, 1.54) is 7.11 Å². The Labute approximate surface area is 154 Å². The first-order valence-electron chi connectivity index (χ1n) is 8.48. The maximum absolute atomic E-state index is 11.2. The fraction of sp³-hybridized carbons (Fsp3) is 0.333. The van der Waals surface area contributed by atoms with Crippen molar-refractivity contribution in [1.29, 1.82) is 0 Å². The zero-order valence-corrected chi connectivity index (χ0v) is 15.1. The summed E-state index contributed by atoms with van der Waals surface area (Å²) in [6, 6.07) is 12.8. The van der Waals surface area contributed by atoms with Crippen LogP contribution in [0.4, 0.5) is 5.69 Å². The fourth-order valence-electron chi connectivity index (χ4n) is 3.15.